The molecule has 110 valence electrons. The summed E-state index contributed by atoms with van der Waals surface area (Å²) in [5.41, 5.74) is 2.31. The van der Waals surface area contributed by atoms with E-state index in [-0.39, 0.29) is 6.61 Å². The van der Waals surface area contributed by atoms with Crippen LogP contribution in [0.4, 0.5) is 0 Å². The second kappa shape index (κ2) is 6.65. The van der Waals surface area contributed by atoms with Gasteiger partial charge in [-0.3, -0.25) is 0 Å². The lowest BCUT2D eigenvalue weighted by Gasteiger charge is -2.04. The van der Waals surface area contributed by atoms with E-state index in [1.165, 1.54) is 17.4 Å². The van der Waals surface area contributed by atoms with E-state index in [4.69, 9.17) is 9.52 Å². The molecule has 0 radical (unpaired) electrons. The molecule has 0 aliphatic rings. The highest BCUT2D eigenvalue weighted by atomic mass is 32.1. The van der Waals surface area contributed by atoms with Gasteiger partial charge in [0.15, 0.2) is 0 Å². The van der Waals surface area contributed by atoms with E-state index < -0.39 is 5.63 Å². The van der Waals surface area contributed by atoms with Gasteiger partial charge >= 0.3 is 5.63 Å². The third-order valence-electron chi connectivity index (χ3n) is 2.89. The molecule has 21 heavy (non-hydrogen) atoms. The van der Waals surface area contributed by atoms with E-state index in [1.54, 1.807) is 6.07 Å². The molecule has 0 saturated carbocycles. The van der Waals surface area contributed by atoms with Gasteiger partial charge < -0.3 is 9.52 Å². The summed E-state index contributed by atoms with van der Waals surface area (Å²) in [6.07, 6.45) is 0. The van der Waals surface area contributed by atoms with E-state index in [0.717, 1.165) is 21.7 Å². The van der Waals surface area contributed by atoms with Crippen LogP contribution in [0.1, 0.15) is 24.4 Å². The van der Waals surface area contributed by atoms with Crippen LogP contribution in [0.25, 0.3) is 22.2 Å². The largest absolute Gasteiger partial charge is 0.423 e. The lowest BCUT2D eigenvalue weighted by Crippen LogP contribution is -1.99. The molecule has 2 heterocycles. The summed E-state index contributed by atoms with van der Waals surface area (Å²) in [4.78, 5) is 16.0. The van der Waals surface area contributed by atoms with Crippen LogP contribution in [0, 0.1) is 6.92 Å². The molecule has 0 spiro atoms. The fraction of sp³-hybridized carbons (Fsp3) is 0.250. The quantitative estimate of drug-likeness (QED) is 0.732. The number of thiazole rings is 1. The van der Waals surface area contributed by atoms with E-state index >= 15 is 0 Å². The van der Waals surface area contributed by atoms with Gasteiger partial charge in [-0.1, -0.05) is 26.0 Å². The summed E-state index contributed by atoms with van der Waals surface area (Å²) < 4.78 is 5.18. The monoisotopic (exact) mass is 303 g/mol. The van der Waals surface area contributed by atoms with Gasteiger partial charge in [0.25, 0.3) is 0 Å². The van der Waals surface area contributed by atoms with Crippen LogP contribution >= 0.6 is 11.3 Å². The number of aryl methyl sites for hydroxylation is 1. The number of aliphatic hydroxyl groups is 1. The Kier molecular flexibility index (Phi) is 4.88. The predicted molar refractivity (Wildman–Crippen MR) is 85.6 cm³/mol. The number of rotatable bonds is 2. The third-order valence-corrected chi connectivity index (χ3v) is 3.66. The molecule has 3 aromatic rings. The number of aromatic nitrogens is 1. The fourth-order valence-corrected chi connectivity index (χ4v) is 2.62. The number of hydrogen-bond acceptors (Lipinski definition) is 5. The summed E-state index contributed by atoms with van der Waals surface area (Å²) in [6, 6.07) is 6.79. The smallest absolute Gasteiger partial charge is 0.336 e. The first kappa shape index (κ1) is 15.4. The van der Waals surface area contributed by atoms with E-state index in [1.807, 2.05) is 38.3 Å². The van der Waals surface area contributed by atoms with Crippen LogP contribution in [-0.4, -0.2) is 10.1 Å². The Bertz CT molecular complexity index is 805. The second-order valence-electron chi connectivity index (χ2n) is 4.22. The van der Waals surface area contributed by atoms with Gasteiger partial charge in [0.1, 0.15) is 5.58 Å². The zero-order valence-electron chi connectivity index (χ0n) is 12.2. The zero-order valence-corrected chi connectivity index (χ0v) is 13.0. The Balaban J connectivity index is 0.000000774. The summed E-state index contributed by atoms with van der Waals surface area (Å²) in [5.74, 6) is 0. The Morgan fingerprint density at radius 3 is 2.67 bits per heavy atom. The molecular weight excluding hydrogens is 286 g/mol. The van der Waals surface area contributed by atoms with Crippen LogP contribution in [0.2, 0.25) is 0 Å². The van der Waals surface area contributed by atoms with Crippen molar-refractivity contribution in [2.75, 3.05) is 0 Å². The first-order chi connectivity index (χ1) is 10.2. The Morgan fingerprint density at radius 1 is 1.29 bits per heavy atom. The minimum Gasteiger partial charge on any atom is -0.423 e. The molecule has 0 aliphatic heterocycles. The summed E-state index contributed by atoms with van der Waals surface area (Å²) in [5, 5.41) is 12.8. The maximum absolute atomic E-state index is 11.6. The SMILES string of the molecule is CC.Cc1nc(-c2cc(=O)oc3cc(CO)ccc23)cs1. The Morgan fingerprint density at radius 2 is 2.05 bits per heavy atom. The van der Waals surface area contributed by atoms with Gasteiger partial charge in [0, 0.05) is 22.4 Å². The molecule has 0 saturated heterocycles. The molecule has 1 aromatic carbocycles. The standard InChI is InChI=1S/C14H11NO3S.C2H6/c1-8-15-12(7-19-8)11-5-14(17)18-13-4-9(6-16)2-3-10(11)13;1-2/h2-5,7,16H,6H2,1H3;1-2H3. The Hall–Kier alpha value is -1.98. The number of nitrogens with zero attached hydrogens (tertiary/aromatic N) is 1. The number of aliphatic hydroxyl groups excluding tert-OH is 1. The maximum atomic E-state index is 11.6. The van der Waals surface area contributed by atoms with Crippen molar-refractivity contribution in [3.05, 3.63) is 50.6 Å². The van der Waals surface area contributed by atoms with Crippen LogP contribution in [-0.2, 0) is 6.61 Å². The second-order valence-corrected chi connectivity index (χ2v) is 5.28. The maximum Gasteiger partial charge on any atom is 0.336 e. The van der Waals surface area contributed by atoms with Crippen molar-refractivity contribution in [1.29, 1.82) is 0 Å². The zero-order chi connectivity index (χ0) is 15.4. The molecule has 1 N–H and O–H groups in total. The van der Waals surface area contributed by atoms with Crippen molar-refractivity contribution in [2.45, 2.75) is 27.4 Å². The van der Waals surface area contributed by atoms with Crippen molar-refractivity contribution in [3.63, 3.8) is 0 Å². The fourth-order valence-electron chi connectivity index (χ4n) is 2.00. The summed E-state index contributed by atoms with van der Waals surface area (Å²) in [7, 11) is 0. The van der Waals surface area contributed by atoms with Gasteiger partial charge in [0.2, 0.25) is 0 Å². The summed E-state index contributed by atoms with van der Waals surface area (Å²) >= 11 is 1.54. The first-order valence-electron chi connectivity index (χ1n) is 6.77. The highest BCUT2D eigenvalue weighted by molar-refractivity contribution is 7.09. The minimum atomic E-state index is -0.414. The molecule has 5 heteroatoms. The van der Waals surface area contributed by atoms with Crippen molar-refractivity contribution in [2.24, 2.45) is 0 Å². The van der Waals surface area contributed by atoms with E-state index in [0.29, 0.717) is 11.1 Å². The summed E-state index contributed by atoms with van der Waals surface area (Å²) in [6.45, 7) is 5.84. The van der Waals surface area contributed by atoms with E-state index in [9.17, 15) is 4.79 Å². The van der Waals surface area contributed by atoms with Crippen molar-refractivity contribution < 1.29 is 9.52 Å². The average molecular weight is 303 g/mol. The third kappa shape index (κ3) is 3.20. The van der Waals surface area contributed by atoms with Crippen LogP contribution in [0.5, 0.6) is 0 Å². The molecule has 3 rings (SSSR count). The Labute approximate surface area is 126 Å². The molecule has 0 aliphatic carbocycles. The number of fused-ring (bicyclic) bond motifs is 1. The van der Waals surface area contributed by atoms with Crippen molar-refractivity contribution in [1.82, 2.24) is 4.98 Å². The average Bonchev–Trinajstić information content (AvgIpc) is 2.94. The lowest BCUT2D eigenvalue weighted by atomic mass is 10.1. The van der Waals surface area contributed by atoms with Crippen LogP contribution in [0.15, 0.2) is 38.9 Å². The first-order valence-corrected chi connectivity index (χ1v) is 7.65. The lowest BCUT2D eigenvalue weighted by molar-refractivity contribution is 0.282. The molecule has 0 unspecified atom stereocenters. The topological polar surface area (TPSA) is 63.3 Å². The molecule has 0 amide bonds. The van der Waals surface area contributed by atoms with Gasteiger partial charge in [-0.25, -0.2) is 9.78 Å². The van der Waals surface area contributed by atoms with Crippen LogP contribution < -0.4 is 5.63 Å². The molecule has 0 atom stereocenters. The van der Waals surface area contributed by atoms with Gasteiger partial charge in [-0.15, -0.1) is 11.3 Å². The highest BCUT2D eigenvalue weighted by Crippen LogP contribution is 2.28. The number of hydrogen-bond donors (Lipinski definition) is 1. The molecule has 4 nitrogen and oxygen atoms in total. The van der Waals surface area contributed by atoms with Crippen LogP contribution in [0.3, 0.4) is 0 Å². The molecule has 2 aromatic heterocycles. The molecule has 0 fully saturated rings. The van der Waals surface area contributed by atoms with Crippen molar-refractivity contribution in [3.8, 4) is 11.3 Å². The highest BCUT2D eigenvalue weighted by Gasteiger charge is 2.10. The number of benzene rings is 1. The minimum absolute atomic E-state index is 0.0836. The van der Waals surface area contributed by atoms with E-state index in [2.05, 4.69) is 4.98 Å². The van der Waals surface area contributed by atoms with Gasteiger partial charge in [-0.05, 0) is 18.6 Å². The predicted octanol–water partition coefficient (Wildman–Crippen LogP) is 3.74. The van der Waals surface area contributed by atoms with Crippen molar-refractivity contribution >= 4 is 22.3 Å². The molecule has 0 bridgehead atoms. The van der Waals surface area contributed by atoms with Gasteiger partial charge in [-0.2, -0.15) is 0 Å². The normalized spacial score (nSPS) is 10.3. The molecular formula is C16H17NO3S. The van der Waals surface area contributed by atoms with Gasteiger partial charge in [0.05, 0.1) is 17.3 Å².